The molecule has 1 aromatic carbocycles. The minimum Gasteiger partial charge on any atom is -0.494 e. The Bertz CT molecular complexity index is 769. The van der Waals surface area contributed by atoms with Gasteiger partial charge < -0.3 is 23.8 Å². The van der Waals surface area contributed by atoms with Crippen molar-refractivity contribution < 1.29 is 23.7 Å². The van der Waals surface area contributed by atoms with Crippen LogP contribution < -0.4 is 18.9 Å². The summed E-state index contributed by atoms with van der Waals surface area (Å²) < 4.78 is 22.1. The zero-order chi connectivity index (χ0) is 19.8. The third-order valence-corrected chi connectivity index (χ3v) is 4.33. The molecule has 0 N–H and O–H groups in total. The van der Waals surface area contributed by atoms with Gasteiger partial charge in [-0.05, 0) is 44.0 Å². The molecule has 8 nitrogen and oxygen atoms in total. The van der Waals surface area contributed by atoms with E-state index in [1.165, 1.54) is 7.11 Å². The molecule has 2 aromatic rings. The van der Waals surface area contributed by atoms with Gasteiger partial charge in [-0.2, -0.15) is 0 Å². The van der Waals surface area contributed by atoms with Gasteiger partial charge in [0.1, 0.15) is 17.6 Å². The van der Waals surface area contributed by atoms with E-state index in [1.54, 1.807) is 29.4 Å². The number of piperidine rings is 1. The minimum absolute atomic E-state index is 0.0187. The summed E-state index contributed by atoms with van der Waals surface area (Å²) in [6.07, 6.45) is 4.62. The Morgan fingerprint density at radius 1 is 1.11 bits per heavy atom. The number of nitrogens with zero attached hydrogens (tertiary/aromatic N) is 3. The van der Waals surface area contributed by atoms with Gasteiger partial charge in [-0.15, -0.1) is 0 Å². The molecule has 2 heterocycles. The molecule has 0 saturated carbocycles. The van der Waals surface area contributed by atoms with Crippen molar-refractivity contribution in [2.45, 2.75) is 25.9 Å². The summed E-state index contributed by atoms with van der Waals surface area (Å²) in [7, 11) is 1.52. The Hall–Kier alpha value is -3.03. The van der Waals surface area contributed by atoms with E-state index in [1.807, 2.05) is 19.1 Å². The van der Waals surface area contributed by atoms with E-state index in [4.69, 9.17) is 18.9 Å². The van der Waals surface area contributed by atoms with Crippen molar-refractivity contribution in [3.05, 3.63) is 36.7 Å². The highest BCUT2D eigenvalue weighted by atomic mass is 16.5. The maximum Gasteiger partial charge on any atom is 0.278 e. The molecule has 1 aromatic heterocycles. The van der Waals surface area contributed by atoms with Crippen molar-refractivity contribution >= 4 is 5.91 Å². The van der Waals surface area contributed by atoms with Crippen molar-refractivity contribution in [2.75, 3.05) is 33.4 Å². The molecule has 1 atom stereocenters. The van der Waals surface area contributed by atoms with Crippen molar-refractivity contribution in [2.24, 2.45) is 0 Å². The van der Waals surface area contributed by atoms with Crippen LogP contribution in [0.25, 0.3) is 0 Å². The average molecular weight is 387 g/mol. The fourth-order valence-electron chi connectivity index (χ4n) is 2.99. The maximum absolute atomic E-state index is 12.5. The zero-order valence-electron chi connectivity index (χ0n) is 16.2. The number of hydrogen-bond donors (Lipinski definition) is 0. The summed E-state index contributed by atoms with van der Waals surface area (Å²) in [5.74, 6) is 2.01. The fraction of sp³-hybridized carbons (Fsp3) is 0.450. The van der Waals surface area contributed by atoms with E-state index >= 15 is 0 Å². The first-order valence-corrected chi connectivity index (χ1v) is 9.34. The van der Waals surface area contributed by atoms with Gasteiger partial charge in [0.2, 0.25) is 0 Å². The Kier molecular flexibility index (Phi) is 6.89. The largest absolute Gasteiger partial charge is 0.494 e. The molecular weight excluding hydrogens is 362 g/mol. The smallest absolute Gasteiger partial charge is 0.278 e. The molecule has 1 aliphatic rings. The van der Waals surface area contributed by atoms with E-state index in [2.05, 4.69) is 9.97 Å². The molecule has 1 amide bonds. The standard InChI is InChI=1S/C20H25N3O5/c1-3-26-15-6-8-16(9-7-15)27-14-18(24)23-12-4-5-17(13-23)28-20-19(25-2)21-10-11-22-20/h6-11,17H,3-5,12-14H2,1-2H3. The Morgan fingerprint density at radius 2 is 1.79 bits per heavy atom. The number of rotatable bonds is 8. The van der Waals surface area contributed by atoms with Crippen LogP contribution in [0.3, 0.4) is 0 Å². The normalized spacial score (nSPS) is 16.4. The van der Waals surface area contributed by atoms with Crippen LogP contribution in [0.1, 0.15) is 19.8 Å². The number of aromatic nitrogens is 2. The first-order valence-electron chi connectivity index (χ1n) is 9.34. The molecule has 1 saturated heterocycles. The Balaban J connectivity index is 1.51. The van der Waals surface area contributed by atoms with E-state index in [9.17, 15) is 4.79 Å². The predicted octanol–water partition coefficient (Wildman–Crippen LogP) is 2.33. The van der Waals surface area contributed by atoms with Crippen LogP contribution in [-0.2, 0) is 4.79 Å². The van der Waals surface area contributed by atoms with E-state index in [0.29, 0.717) is 37.2 Å². The monoisotopic (exact) mass is 387 g/mol. The second-order valence-corrected chi connectivity index (χ2v) is 6.29. The Morgan fingerprint density at radius 3 is 2.46 bits per heavy atom. The van der Waals surface area contributed by atoms with Gasteiger partial charge >= 0.3 is 0 Å². The molecule has 1 aliphatic heterocycles. The van der Waals surface area contributed by atoms with Crippen LogP contribution in [0.4, 0.5) is 0 Å². The molecule has 1 fully saturated rings. The first-order chi connectivity index (χ1) is 13.7. The lowest BCUT2D eigenvalue weighted by atomic mass is 10.1. The molecule has 0 bridgehead atoms. The number of carbonyl (C=O) groups excluding carboxylic acids is 1. The van der Waals surface area contributed by atoms with E-state index < -0.39 is 0 Å². The average Bonchev–Trinajstić information content (AvgIpc) is 2.74. The van der Waals surface area contributed by atoms with Crippen molar-refractivity contribution in [3.8, 4) is 23.3 Å². The lowest BCUT2D eigenvalue weighted by Crippen LogP contribution is -2.46. The molecule has 150 valence electrons. The lowest BCUT2D eigenvalue weighted by Gasteiger charge is -2.32. The van der Waals surface area contributed by atoms with Gasteiger partial charge in [-0.1, -0.05) is 0 Å². The van der Waals surface area contributed by atoms with Crippen LogP contribution in [0.5, 0.6) is 23.3 Å². The minimum atomic E-state index is -0.159. The van der Waals surface area contributed by atoms with Gasteiger partial charge in [0.25, 0.3) is 17.7 Å². The number of carbonyl (C=O) groups is 1. The summed E-state index contributed by atoms with van der Waals surface area (Å²) >= 11 is 0. The summed E-state index contributed by atoms with van der Waals surface area (Å²) in [5.41, 5.74) is 0. The number of amides is 1. The molecule has 1 unspecified atom stereocenters. The molecular formula is C20H25N3O5. The SMILES string of the molecule is CCOc1ccc(OCC(=O)N2CCCC(Oc3nccnc3OC)C2)cc1. The van der Waals surface area contributed by atoms with Gasteiger partial charge in [-0.3, -0.25) is 4.79 Å². The van der Waals surface area contributed by atoms with Crippen molar-refractivity contribution in [3.63, 3.8) is 0 Å². The molecule has 0 aliphatic carbocycles. The predicted molar refractivity (Wildman–Crippen MR) is 102 cm³/mol. The van der Waals surface area contributed by atoms with Crippen LogP contribution in [0, 0.1) is 0 Å². The number of hydrogen-bond acceptors (Lipinski definition) is 7. The topological polar surface area (TPSA) is 83.0 Å². The molecule has 3 rings (SSSR count). The quantitative estimate of drug-likeness (QED) is 0.687. The zero-order valence-corrected chi connectivity index (χ0v) is 16.2. The molecule has 28 heavy (non-hydrogen) atoms. The molecule has 0 spiro atoms. The lowest BCUT2D eigenvalue weighted by molar-refractivity contribution is -0.136. The second-order valence-electron chi connectivity index (χ2n) is 6.29. The van der Waals surface area contributed by atoms with Crippen LogP contribution in [0.15, 0.2) is 36.7 Å². The third kappa shape index (κ3) is 5.25. The number of ether oxygens (including phenoxy) is 4. The van der Waals surface area contributed by atoms with Crippen molar-refractivity contribution in [1.29, 1.82) is 0 Å². The second kappa shape index (κ2) is 9.77. The van der Waals surface area contributed by atoms with Gasteiger partial charge in [-0.25, -0.2) is 9.97 Å². The number of likely N-dealkylation sites (tertiary alicyclic amines) is 1. The highest BCUT2D eigenvalue weighted by molar-refractivity contribution is 5.77. The summed E-state index contributed by atoms with van der Waals surface area (Å²) in [5, 5.41) is 0. The fourth-order valence-corrected chi connectivity index (χ4v) is 2.99. The van der Waals surface area contributed by atoms with Gasteiger partial charge in [0.05, 0.1) is 20.3 Å². The highest BCUT2D eigenvalue weighted by Gasteiger charge is 2.26. The summed E-state index contributed by atoms with van der Waals surface area (Å²) in [4.78, 5) is 22.5. The van der Waals surface area contributed by atoms with E-state index in [-0.39, 0.29) is 18.6 Å². The summed E-state index contributed by atoms with van der Waals surface area (Å²) in [6, 6.07) is 7.23. The number of benzene rings is 1. The third-order valence-electron chi connectivity index (χ3n) is 4.33. The van der Waals surface area contributed by atoms with Gasteiger partial charge in [0.15, 0.2) is 6.61 Å². The highest BCUT2D eigenvalue weighted by Crippen LogP contribution is 2.24. The van der Waals surface area contributed by atoms with Crippen molar-refractivity contribution in [1.82, 2.24) is 14.9 Å². The first kappa shape index (κ1) is 19.7. The molecule has 8 heteroatoms. The number of methoxy groups -OCH3 is 1. The van der Waals surface area contributed by atoms with Crippen LogP contribution in [0.2, 0.25) is 0 Å². The van der Waals surface area contributed by atoms with E-state index in [0.717, 1.165) is 18.6 Å². The van der Waals surface area contributed by atoms with Crippen LogP contribution >= 0.6 is 0 Å². The summed E-state index contributed by atoms with van der Waals surface area (Å²) in [6.45, 7) is 3.68. The maximum atomic E-state index is 12.5. The Labute approximate surface area is 164 Å². The molecule has 0 radical (unpaired) electrons. The van der Waals surface area contributed by atoms with Crippen LogP contribution in [-0.4, -0.2) is 60.3 Å². The van der Waals surface area contributed by atoms with Gasteiger partial charge in [0, 0.05) is 18.9 Å².